The van der Waals surface area contributed by atoms with Gasteiger partial charge in [0.15, 0.2) is 0 Å². The monoisotopic (exact) mass is 621 g/mol. The van der Waals surface area contributed by atoms with Crippen molar-refractivity contribution in [3.63, 3.8) is 0 Å². The van der Waals surface area contributed by atoms with Gasteiger partial charge in [0.2, 0.25) is 0 Å². The van der Waals surface area contributed by atoms with Crippen molar-refractivity contribution in [1.82, 2.24) is 14.1 Å². The van der Waals surface area contributed by atoms with Crippen molar-refractivity contribution in [2.75, 3.05) is 0 Å². The molecule has 0 N–H and O–H groups in total. The van der Waals surface area contributed by atoms with Gasteiger partial charge in [-0.3, -0.25) is 4.98 Å². The number of benzene rings is 6. The lowest BCUT2D eigenvalue weighted by atomic mass is 10.1. The van der Waals surface area contributed by atoms with Crippen LogP contribution in [0.25, 0.3) is 95.5 Å². The molecule has 0 spiro atoms. The standard InChI is InChI=1S/C41H23N3S2/c1-2-9-24(10-3-1)43-31-13-6-4-11-28(31)37-33(43)19-17-26-27-18-20-34-38(41(27)46-40(26)37)29-12-5-7-14-32(29)44(34)25-16-21-35-30(23-25)39-36(45-35)15-8-22-42-39/h1-23H. The highest BCUT2D eigenvalue weighted by Crippen LogP contribution is 2.47. The summed E-state index contributed by atoms with van der Waals surface area (Å²) >= 11 is 3.75. The number of pyridine rings is 1. The summed E-state index contributed by atoms with van der Waals surface area (Å²) in [7, 11) is 0. The summed E-state index contributed by atoms with van der Waals surface area (Å²) in [6.45, 7) is 0. The van der Waals surface area contributed by atoms with Crippen LogP contribution in [0.1, 0.15) is 0 Å². The van der Waals surface area contributed by atoms with E-state index in [1.165, 1.54) is 84.3 Å². The van der Waals surface area contributed by atoms with Gasteiger partial charge < -0.3 is 9.13 Å². The fourth-order valence-electron chi connectivity index (χ4n) is 7.65. The van der Waals surface area contributed by atoms with Gasteiger partial charge in [-0.05, 0) is 66.7 Å². The van der Waals surface area contributed by atoms with E-state index in [2.05, 4.69) is 137 Å². The van der Waals surface area contributed by atoms with E-state index < -0.39 is 0 Å². The molecule has 0 fully saturated rings. The van der Waals surface area contributed by atoms with Crippen LogP contribution in [0.2, 0.25) is 0 Å². The minimum absolute atomic E-state index is 1.08. The summed E-state index contributed by atoms with van der Waals surface area (Å²) < 4.78 is 10.0. The van der Waals surface area contributed by atoms with E-state index in [-0.39, 0.29) is 0 Å². The topological polar surface area (TPSA) is 22.8 Å². The van der Waals surface area contributed by atoms with E-state index in [4.69, 9.17) is 4.98 Å². The van der Waals surface area contributed by atoms with Crippen LogP contribution in [-0.4, -0.2) is 14.1 Å². The molecule has 214 valence electrons. The molecule has 5 heteroatoms. The predicted octanol–water partition coefficient (Wildman–Crippen LogP) is 12.0. The molecule has 0 amide bonds. The molecule has 0 saturated carbocycles. The summed E-state index contributed by atoms with van der Waals surface area (Å²) in [5.41, 5.74) is 8.37. The van der Waals surface area contributed by atoms with Crippen LogP contribution in [0.5, 0.6) is 0 Å². The molecule has 0 saturated heterocycles. The Labute approximate surface area is 270 Å². The minimum Gasteiger partial charge on any atom is -0.309 e. The maximum Gasteiger partial charge on any atom is 0.0889 e. The summed E-state index contributed by atoms with van der Waals surface area (Å²) in [6.07, 6.45) is 1.90. The molecule has 0 bridgehead atoms. The Kier molecular flexibility index (Phi) is 4.87. The van der Waals surface area contributed by atoms with Crippen molar-refractivity contribution in [1.29, 1.82) is 0 Å². The molecule has 0 aliphatic heterocycles. The molecule has 5 heterocycles. The summed E-state index contributed by atoms with van der Waals surface area (Å²) in [4.78, 5) is 4.75. The first kappa shape index (κ1) is 24.8. The maximum atomic E-state index is 4.75. The Balaban J connectivity index is 1.26. The second-order valence-corrected chi connectivity index (χ2v) is 14.1. The summed E-state index contributed by atoms with van der Waals surface area (Å²) in [5, 5.41) is 9.08. The van der Waals surface area contributed by atoms with Crippen LogP contribution in [0, 0.1) is 0 Å². The van der Waals surface area contributed by atoms with Crippen molar-refractivity contribution >= 4 is 107 Å². The van der Waals surface area contributed by atoms with Crippen LogP contribution in [0.15, 0.2) is 140 Å². The molecule has 46 heavy (non-hydrogen) atoms. The summed E-state index contributed by atoms with van der Waals surface area (Å²) in [5.74, 6) is 0. The van der Waals surface area contributed by atoms with Gasteiger partial charge in [-0.25, -0.2) is 0 Å². The first-order chi connectivity index (χ1) is 22.8. The highest BCUT2D eigenvalue weighted by molar-refractivity contribution is 7.28. The number of nitrogens with zero attached hydrogens (tertiary/aromatic N) is 3. The lowest BCUT2D eigenvalue weighted by Gasteiger charge is -2.08. The number of hydrogen-bond donors (Lipinski definition) is 0. The molecule has 0 aliphatic carbocycles. The third-order valence-corrected chi connectivity index (χ3v) is 11.9. The molecule has 5 aromatic heterocycles. The molecule has 0 atom stereocenters. The maximum absolute atomic E-state index is 4.75. The van der Waals surface area contributed by atoms with E-state index in [0.717, 1.165) is 11.2 Å². The van der Waals surface area contributed by atoms with Gasteiger partial charge in [-0.1, -0.05) is 66.7 Å². The fraction of sp³-hybridized carbons (Fsp3) is 0. The Bertz CT molecular complexity index is 3030. The van der Waals surface area contributed by atoms with Gasteiger partial charge in [-0.2, -0.15) is 0 Å². The number of hydrogen-bond acceptors (Lipinski definition) is 3. The number of aromatic nitrogens is 3. The molecular weight excluding hydrogens is 599 g/mol. The molecule has 3 nitrogen and oxygen atoms in total. The van der Waals surface area contributed by atoms with E-state index in [1.54, 1.807) is 0 Å². The van der Waals surface area contributed by atoms with Gasteiger partial charge in [0.05, 0.1) is 32.3 Å². The lowest BCUT2D eigenvalue weighted by molar-refractivity contribution is 1.18. The zero-order valence-corrected chi connectivity index (χ0v) is 26.1. The normalized spacial score (nSPS) is 12.3. The molecule has 11 aromatic rings. The molecule has 6 aromatic carbocycles. The van der Waals surface area contributed by atoms with Gasteiger partial charge in [0.25, 0.3) is 0 Å². The Morgan fingerprint density at radius 3 is 1.74 bits per heavy atom. The number of rotatable bonds is 2. The Morgan fingerprint density at radius 1 is 0.413 bits per heavy atom. The smallest absolute Gasteiger partial charge is 0.0889 e. The first-order valence-electron chi connectivity index (χ1n) is 15.5. The predicted molar refractivity (Wildman–Crippen MR) is 199 cm³/mol. The van der Waals surface area contributed by atoms with Gasteiger partial charge in [0, 0.05) is 69.4 Å². The largest absolute Gasteiger partial charge is 0.309 e. The van der Waals surface area contributed by atoms with Crippen LogP contribution < -0.4 is 0 Å². The second kappa shape index (κ2) is 9.04. The van der Waals surface area contributed by atoms with E-state index >= 15 is 0 Å². The van der Waals surface area contributed by atoms with E-state index in [1.807, 2.05) is 34.9 Å². The lowest BCUT2D eigenvalue weighted by Crippen LogP contribution is -1.93. The van der Waals surface area contributed by atoms with Crippen molar-refractivity contribution in [3.8, 4) is 11.4 Å². The summed E-state index contributed by atoms with van der Waals surface area (Å²) in [6, 6.07) is 48.8. The first-order valence-corrected chi connectivity index (χ1v) is 17.1. The average Bonchev–Trinajstić information content (AvgIpc) is 3.85. The Hall–Kier alpha value is -5.49. The SMILES string of the molecule is c1ccc(-n2c3ccccc3c3c4sc5c(ccc6c5c5ccccc5n6-c5ccc6sc7cccnc7c6c5)c4ccc32)cc1. The van der Waals surface area contributed by atoms with Crippen molar-refractivity contribution in [2.45, 2.75) is 0 Å². The second-order valence-electron chi connectivity index (χ2n) is 11.9. The van der Waals surface area contributed by atoms with Gasteiger partial charge >= 0.3 is 0 Å². The minimum atomic E-state index is 1.08. The molecule has 11 rings (SSSR count). The number of fused-ring (bicyclic) bond motifs is 14. The van der Waals surface area contributed by atoms with Crippen LogP contribution >= 0.6 is 22.7 Å². The van der Waals surface area contributed by atoms with Gasteiger partial charge in [0.1, 0.15) is 0 Å². The number of thiophene rings is 2. The third-order valence-electron chi connectivity index (χ3n) is 9.56. The molecule has 0 aliphatic rings. The quantitative estimate of drug-likeness (QED) is 0.188. The highest BCUT2D eigenvalue weighted by atomic mass is 32.1. The van der Waals surface area contributed by atoms with Crippen LogP contribution in [0.4, 0.5) is 0 Å². The van der Waals surface area contributed by atoms with E-state index in [9.17, 15) is 0 Å². The molecular formula is C41H23N3S2. The van der Waals surface area contributed by atoms with Crippen LogP contribution in [0.3, 0.4) is 0 Å². The Morgan fingerprint density at radius 2 is 1.04 bits per heavy atom. The molecule has 0 unspecified atom stereocenters. The number of para-hydroxylation sites is 3. The zero-order chi connectivity index (χ0) is 29.9. The van der Waals surface area contributed by atoms with Crippen molar-refractivity contribution in [2.24, 2.45) is 0 Å². The van der Waals surface area contributed by atoms with Crippen molar-refractivity contribution in [3.05, 3.63) is 140 Å². The van der Waals surface area contributed by atoms with Crippen molar-refractivity contribution < 1.29 is 0 Å². The zero-order valence-electron chi connectivity index (χ0n) is 24.4. The highest BCUT2D eigenvalue weighted by Gasteiger charge is 2.21. The van der Waals surface area contributed by atoms with E-state index in [0.29, 0.717) is 0 Å². The van der Waals surface area contributed by atoms with Crippen LogP contribution in [-0.2, 0) is 0 Å². The third kappa shape index (κ3) is 3.18. The molecule has 0 radical (unpaired) electrons. The fourth-order valence-corrected chi connectivity index (χ4v) is 10.1. The van der Waals surface area contributed by atoms with Gasteiger partial charge in [-0.15, -0.1) is 22.7 Å². The average molecular weight is 622 g/mol.